The summed E-state index contributed by atoms with van der Waals surface area (Å²) in [5, 5.41) is 0.675. The summed E-state index contributed by atoms with van der Waals surface area (Å²) in [5.74, 6) is 0.448. The fourth-order valence-corrected chi connectivity index (χ4v) is 1.85. The second kappa shape index (κ2) is 4.03. The van der Waals surface area contributed by atoms with Crippen LogP contribution in [-0.2, 0) is 4.74 Å². The molecule has 0 radical (unpaired) electrons. The third-order valence-corrected chi connectivity index (χ3v) is 2.60. The fourth-order valence-electron chi connectivity index (χ4n) is 1.59. The second-order valence-electron chi connectivity index (χ2n) is 3.14. The van der Waals surface area contributed by atoms with Crippen molar-refractivity contribution in [2.45, 2.75) is 18.8 Å². The minimum atomic E-state index is 0.448. The van der Waals surface area contributed by atoms with E-state index in [1.165, 1.54) is 0 Å². The van der Waals surface area contributed by atoms with E-state index in [1.54, 1.807) is 12.5 Å². The minimum Gasteiger partial charge on any atom is -0.381 e. The number of halogens is 1. The number of ether oxygens (including phenoxy) is 1. The first-order valence-electron chi connectivity index (χ1n) is 4.41. The van der Waals surface area contributed by atoms with Gasteiger partial charge >= 0.3 is 0 Å². The molecule has 13 heavy (non-hydrogen) atoms. The van der Waals surface area contributed by atoms with Gasteiger partial charge in [-0.1, -0.05) is 11.6 Å². The molecule has 2 heterocycles. The van der Waals surface area contributed by atoms with Crippen molar-refractivity contribution < 1.29 is 4.74 Å². The molecule has 1 aliphatic heterocycles. The van der Waals surface area contributed by atoms with Gasteiger partial charge in [-0.2, -0.15) is 0 Å². The molecule has 0 bridgehead atoms. The van der Waals surface area contributed by atoms with E-state index in [0.717, 1.165) is 31.7 Å². The van der Waals surface area contributed by atoms with Crippen molar-refractivity contribution in [2.24, 2.45) is 0 Å². The molecule has 0 unspecified atom stereocenters. The van der Waals surface area contributed by atoms with Crippen molar-refractivity contribution >= 4 is 11.6 Å². The van der Waals surface area contributed by atoms with Crippen molar-refractivity contribution in [1.82, 2.24) is 9.97 Å². The Labute approximate surface area is 82.1 Å². The van der Waals surface area contributed by atoms with E-state index in [-0.39, 0.29) is 0 Å². The van der Waals surface area contributed by atoms with Crippen LogP contribution >= 0.6 is 11.6 Å². The van der Waals surface area contributed by atoms with Gasteiger partial charge in [0.1, 0.15) is 6.33 Å². The molecule has 4 heteroatoms. The largest absolute Gasteiger partial charge is 0.381 e. The first-order valence-corrected chi connectivity index (χ1v) is 4.79. The predicted molar refractivity (Wildman–Crippen MR) is 49.8 cm³/mol. The maximum atomic E-state index is 5.99. The monoisotopic (exact) mass is 198 g/mol. The third kappa shape index (κ3) is 1.98. The lowest BCUT2D eigenvalue weighted by Gasteiger charge is -2.21. The van der Waals surface area contributed by atoms with Gasteiger partial charge in [0, 0.05) is 25.3 Å². The number of nitrogens with zero attached hydrogens (tertiary/aromatic N) is 2. The molecule has 1 aromatic rings. The van der Waals surface area contributed by atoms with Crippen molar-refractivity contribution in [3.63, 3.8) is 0 Å². The Morgan fingerprint density at radius 1 is 1.38 bits per heavy atom. The normalized spacial score (nSPS) is 18.8. The van der Waals surface area contributed by atoms with Crippen LogP contribution in [0.25, 0.3) is 0 Å². The zero-order chi connectivity index (χ0) is 9.10. The van der Waals surface area contributed by atoms with Crippen LogP contribution in [0, 0.1) is 0 Å². The van der Waals surface area contributed by atoms with Gasteiger partial charge in [-0.05, 0) is 12.8 Å². The molecule has 0 N–H and O–H groups in total. The standard InChI is InChI=1S/C9H11ClN2O/c10-8-5-11-6-12-9(8)7-1-3-13-4-2-7/h5-7H,1-4H2. The molecular weight excluding hydrogens is 188 g/mol. The van der Waals surface area contributed by atoms with Gasteiger partial charge in [-0.25, -0.2) is 9.97 Å². The van der Waals surface area contributed by atoms with Gasteiger partial charge in [-0.3, -0.25) is 0 Å². The topological polar surface area (TPSA) is 35.0 Å². The molecule has 0 spiro atoms. The van der Waals surface area contributed by atoms with Crippen LogP contribution in [0.1, 0.15) is 24.5 Å². The molecule has 0 aromatic carbocycles. The number of aromatic nitrogens is 2. The van der Waals surface area contributed by atoms with Crippen molar-refractivity contribution in [1.29, 1.82) is 0 Å². The molecule has 1 aliphatic rings. The average molecular weight is 199 g/mol. The highest BCUT2D eigenvalue weighted by Crippen LogP contribution is 2.29. The fraction of sp³-hybridized carbons (Fsp3) is 0.556. The molecule has 1 aromatic heterocycles. The van der Waals surface area contributed by atoms with Gasteiger partial charge in [0.05, 0.1) is 10.7 Å². The summed E-state index contributed by atoms with van der Waals surface area (Å²) in [6.07, 6.45) is 5.23. The molecule has 1 saturated heterocycles. The lowest BCUT2D eigenvalue weighted by Crippen LogP contribution is -2.15. The van der Waals surface area contributed by atoms with E-state index in [4.69, 9.17) is 16.3 Å². The van der Waals surface area contributed by atoms with Gasteiger partial charge in [-0.15, -0.1) is 0 Å². The summed E-state index contributed by atoms with van der Waals surface area (Å²) in [6.45, 7) is 1.62. The molecule has 0 amide bonds. The van der Waals surface area contributed by atoms with E-state index in [0.29, 0.717) is 10.9 Å². The van der Waals surface area contributed by atoms with Crippen molar-refractivity contribution in [3.8, 4) is 0 Å². The number of hydrogen-bond donors (Lipinski definition) is 0. The number of hydrogen-bond acceptors (Lipinski definition) is 3. The van der Waals surface area contributed by atoms with E-state index in [1.807, 2.05) is 0 Å². The van der Waals surface area contributed by atoms with E-state index >= 15 is 0 Å². The Balaban J connectivity index is 2.18. The summed E-state index contributed by atoms with van der Waals surface area (Å²) in [6, 6.07) is 0. The van der Waals surface area contributed by atoms with Crippen LogP contribution in [0.3, 0.4) is 0 Å². The molecule has 0 atom stereocenters. The zero-order valence-electron chi connectivity index (χ0n) is 7.24. The summed E-state index contributed by atoms with van der Waals surface area (Å²) in [7, 11) is 0. The molecule has 3 nitrogen and oxygen atoms in total. The average Bonchev–Trinajstić information content (AvgIpc) is 2.20. The highest BCUT2D eigenvalue weighted by Gasteiger charge is 2.19. The Bertz CT molecular complexity index is 287. The quantitative estimate of drug-likeness (QED) is 0.693. The molecule has 2 rings (SSSR count). The van der Waals surface area contributed by atoms with Crippen LogP contribution in [0.2, 0.25) is 5.02 Å². The summed E-state index contributed by atoms with van der Waals surface area (Å²) >= 11 is 5.99. The summed E-state index contributed by atoms with van der Waals surface area (Å²) in [4.78, 5) is 8.07. The first kappa shape index (κ1) is 8.91. The molecule has 70 valence electrons. The van der Waals surface area contributed by atoms with Crippen LogP contribution in [0.15, 0.2) is 12.5 Å². The van der Waals surface area contributed by atoms with Crippen LogP contribution in [0.4, 0.5) is 0 Å². The summed E-state index contributed by atoms with van der Waals surface area (Å²) in [5.41, 5.74) is 0.972. The summed E-state index contributed by atoms with van der Waals surface area (Å²) < 4.78 is 5.27. The van der Waals surface area contributed by atoms with Crippen LogP contribution < -0.4 is 0 Å². The maximum Gasteiger partial charge on any atom is 0.115 e. The highest BCUT2D eigenvalue weighted by molar-refractivity contribution is 6.31. The Morgan fingerprint density at radius 3 is 2.85 bits per heavy atom. The highest BCUT2D eigenvalue weighted by atomic mass is 35.5. The SMILES string of the molecule is Clc1cncnc1C1CCOCC1. The van der Waals surface area contributed by atoms with E-state index < -0.39 is 0 Å². The number of rotatable bonds is 1. The minimum absolute atomic E-state index is 0.448. The lowest BCUT2D eigenvalue weighted by molar-refractivity contribution is 0.0845. The molecular formula is C9H11ClN2O. The van der Waals surface area contributed by atoms with Gasteiger partial charge in [0.15, 0.2) is 0 Å². The Hall–Kier alpha value is -0.670. The van der Waals surface area contributed by atoms with Crippen LogP contribution in [-0.4, -0.2) is 23.2 Å². The van der Waals surface area contributed by atoms with Crippen molar-refractivity contribution in [2.75, 3.05) is 13.2 Å². The Morgan fingerprint density at radius 2 is 2.15 bits per heavy atom. The second-order valence-corrected chi connectivity index (χ2v) is 3.55. The van der Waals surface area contributed by atoms with Gasteiger partial charge in [0.25, 0.3) is 0 Å². The van der Waals surface area contributed by atoms with Gasteiger partial charge < -0.3 is 4.74 Å². The lowest BCUT2D eigenvalue weighted by atomic mass is 9.96. The predicted octanol–water partition coefficient (Wildman–Crippen LogP) is 2.02. The van der Waals surface area contributed by atoms with Gasteiger partial charge in [0.2, 0.25) is 0 Å². The molecule has 1 fully saturated rings. The Kier molecular flexibility index (Phi) is 2.76. The third-order valence-electron chi connectivity index (χ3n) is 2.30. The first-order chi connectivity index (χ1) is 6.38. The van der Waals surface area contributed by atoms with E-state index in [9.17, 15) is 0 Å². The van der Waals surface area contributed by atoms with E-state index in [2.05, 4.69) is 9.97 Å². The van der Waals surface area contributed by atoms with Crippen molar-refractivity contribution in [3.05, 3.63) is 23.2 Å². The van der Waals surface area contributed by atoms with Crippen LogP contribution in [0.5, 0.6) is 0 Å². The smallest absolute Gasteiger partial charge is 0.115 e. The molecule has 0 aliphatic carbocycles. The molecule has 0 saturated carbocycles. The maximum absolute atomic E-state index is 5.99. The zero-order valence-corrected chi connectivity index (χ0v) is 8.00.